The molecule has 0 aliphatic heterocycles. The first-order chi connectivity index (χ1) is 9.88. The van der Waals surface area contributed by atoms with Gasteiger partial charge < -0.3 is 4.42 Å². The molecule has 0 spiro atoms. The van der Waals surface area contributed by atoms with Gasteiger partial charge in [-0.25, -0.2) is 0 Å². The number of furan rings is 1. The molecule has 21 heavy (non-hydrogen) atoms. The van der Waals surface area contributed by atoms with E-state index in [2.05, 4.69) is 0 Å². The van der Waals surface area contributed by atoms with Crippen molar-refractivity contribution >= 4 is 29.0 Å². The van der Waals surface area contributed by atoms with Crippen molar-refractivity contribution in [2.24, 2.45) is 0 Å². The summed E-state index contributed by atoms with van der Waals surface area (Å²) in [6.45, 7) is 5.28. The Bertz CT molecular complexity index is 736. The van der Waals surface area contributed by atoms with Crippen LogP contribution in [0.5, 0.6) is 0 Å². The fraction of sp³-hybridized carbons (Fsp3) is 0.250. The Morgan fingerprint density at radius 2 is 1.76 bits per heavy atom. The second-order valence-corrected chi connectivity index (χ2v) is 5.59. The van der Waals surface area contributed by atoms with Crippen molar-refractivity contribution in [3.8, 4) is 6.07 Å². The van der Waals surface area contributed by atoms with Crippen LogP contribution in [0.4, 0.5) is 0 Å². The summed E-state index contributed by atoms with van der Waals surface area (Å²) < 4.78 is 5.46. The third-order valence-corrected chi connectivity index (χ3v) is 4.15. The topological polar surface area (TPSA) is 54.0 Å². The first-order valence-electron chi connectivity index (χ1n) is 6.32. The summed E-state index contributed by atoms with van der Waals surface area (Å²) in [6, 6.07) is 6.90. The van der Waals surface area contributed by atoms with E-state index in [0.29, 0.717) is 32.7 Å². The molecule has 2 aromatic rings. The summed E-state index contributed by atoms with van der Waals surface area (Å²) in [5, 5.41) is 10.0. The number of aryl methyl sites for hydroxylation is 2. The number of Topliss-reactive ketones (excluding diaryl/α,β-unsaturated/α-hetero) is 1. The second-order valence-electron chi connectivity index (χ2n) is 4.78. The maximum Gasteiger partial charge on any atom is 0.188 e. The Labute approximate surface area is 133 Å². The van der Waals surface area contributed by atoms with E-state index in [1.807, 2.05) is 6.07 Å². The van der Waals surface area contributed by atoms with E-state index in [1.165, 1.54) is 0 Å². The van der Waals surface area contributed by atoms with Crippen LogP contribution in [0.15, 0.2) is 22.6 Å². The number of ketones is 1. The van der Waals surface area contributed by atoms with E-state index in [4.69, 9.17) is 27.6 Å². The van der Waals surface area contributed by atoms with Gasteiger partial charge >= 0.3 is 0 Å². The molecule has 1 heterocycles. The summed E-state index contributed by atoms with van der Waals surface area (Å²) >= 11 is 12.2. The number of nitriles is 1. The predicted octanol–water partition coefficient (Wildman–Crippen LogP) is 5.00. The van der Waals surface area contributed by atoms with Gasteiger partial charge in [0.05, 0.1) is 11.6 Å². The molecule has 0 saturated carbocycles. The number of carbonyl (C=O) groups excluding carboxylic acids is 1. The van der Waals surface area contributed by atoms with Gasteiger partial charge in [-0.3, -0.25) is 4.79 Å². The fourth-order valence-electron chi connectivity index (χ4n) is 2.34. The average molecular weight is 322 g/mol. The molecule has 1 aromatic heterocycles. The van der Waals surface area contributed by atoms with Crippen LogP contribution in [0.3, 0.4) is 0 Å². The van der Waals surface area contributed by atoms with Crippen molar-refractivity contribution in [3.05, 3.63) is 56.5 Å². The Balaban J connectivity index is 2.58. The van der Waals surface area contributed by atoms with Gasteiger partial charge in [-0.05, 0) is 32.9 Å². The van der Waals surface area contributed by atoms with Crippen LogP contribution < -0.4 is 0 Å². The molecular weight excluding hydrogens is 309 g/mol. The van der Waals surface area contributed by atoms with Gasteiger partial charge in [0.15, 0.2) is 5.78 Å². The van der Waals surface area contributed by atoms with Gasteiger partial charge in [0.2, 0.25) is 0 Å². The summed E-state index contributed by atoms with van der Waals surface area (Å²) in [5.41, 5.74) is 1.50. The second kappa shape index (κ2) is 5.93. The van der Waals surface area contributed by atoms with E-state index in [1.54, 1.807) is 39.0 Å². The molecule has 1 unspecified atom stereocenters. The first kappa shape index (κ1) is 15.6. The van der Waals surface area contributed by atoms with E-state index in [9.17, 15) is 10.1 Å². The molecular formula is C16H13Cl2NO2. The largest absolute Gasteiger partial charge is 0.466 e. The lowest BCUT2D eigenvalue weighted by atomic mass is 9.90. The van der Waals surface area contributed by atoms with Crippen LogP contribution in [0, 0.1) is 32.1 Å². The normalized spacial score (nSPS) is 12.0. The van der Waals surface area contributed by atoms with Crippen molar-refractivity contribution in [1.82, 2.24) is 0 Å². The zero-order valence-electron chi connectivity index (χ0n) is 11.8. The Kier molecular flexibility index (Phi) is 4.41. The van der Waals surface area contributed by atoms with Crippen molar-refractivity contribution < 1.29 is 9.21 Å². The lowest BCUT2D eigenvalue weighted by Gasteiger charge is -2.12. The molecule has 0 radical (unpaired) electrons. The molecule has 3 nitrogen and oxygen atoms in total. The minimum Gasteiger partial charge on any atom is -0.466 e. The van der Waals surface area contributed by atoms with Crippen LogP contribution in [-0.4, -0.2) is 5.78 Å². The molecule has 0 amide bonds. The zero-order valence-corrected chi connectivity index (χ0v) is 13.3. The number of carbonyl (C=O) groups is 1. The third-order valence-electron chi connectivity index (χ3n) is 3.49. The Morgan fingerprint density at radius 3 is 2.19 bits per heavy atom. The Hall–Kier alpha value is -1.76. The molecule has 1 atom stereocenters. The highest BCUT2D eigenvalue weighted by molar-refractivity contribution is 6.36. The monoisotopic (exact) mass is 321 g/mol. The quantitative estimate of drug-likeness (QED) is 0.747. The molecule has 0 bridgehead atoms. The van der Waals surface area contributed by atoms with Crippen LogP contribution in [0.2, 0.25) is 10.0 Å². The van der Waals surface area contributed by atoms with E-state index >= 15 is 0 Å². The predicted molar refractivity (Wildman–Crippen MR) is 82.1 cm³/mol. The zero-order chi connectivity index (χ0) is 15.7. The highest BCUT2D eigenvalue weighted by atomic mass is 35.5. The summed E-state index contributed by atoms with van der Waals surface area (Å²) in [4.78, 5) is 12.7. The standard InChI is InChI=1S/C16H13Cl2NO2/c1-8-9(2)21-10(3)14(8)16(20)11(7-19)15-12(17)5-4-6-13(15)18/h4-6,11H,1-3H3. The van der Waals surface area contributed by atoms with Crippen LogP contribution in [-0.2, 0) is 0 Å². The van der Waals surface area contributed by atoms with E-state index < -0.39 is 5.92 Å². The minimum atomic E-state index is -1.06. The summed E-state index contributed by atoms with van der Waals surface area (Å²) in [5.74, 6) is -0.240. The SMILES string of the molecule is Cc1oc(C)c(C(=O)C(C#N)c2c(Cl)cccc2Cl)c1C. The number of benzene rings is 1. The third kappa shape index (κ3) is 2.70. The van der Waals surface area contributed by atoms with Gasteiger partial charge in [-0.15, -0.1) is 0 Å². The molecule has 5 heteroatoms. The maximum absolute atomic E-state index is 12.7. The summed E-state index contributed by atoms with van der Waals surface area (Å²) in [6.07, 6.45) is 0. The molecule has 0 fully saturated rings. The molecule has 0 saturated heterocycles. The highest BCUT2D eigenvalue weighted by Gasteiger charge is 2.30. The van der Waals surface area contributed by atoms with Gasteiger partial charge in [0, 0.05) is 21.2 Å². The number of hydrogen-bond acceptors (Lipinski definition) is 3. The average Bonchev–Trinajstić information content (AvgIpc) is 2.67. The van der Waals surface area contributed by atoms with Crippen LogP contribution in [0.1, 0.15) is 38.9 Å². The smallest absolute Gasteiger partial charge is 0.188 e. The lowest BCUT2D eigenvalue weighted by Crippen LogP contribution is -2.14. The molecule has 2 rings (SSSR count). The van der Waals surface area contributed by atoms with E-state index in [-0.39, 0.29) is 5.78 Å². The Morgan fingerprint density at radius 1 is 1.19 bits per heavy atom. The van der Waals surface area contributed by atoms with Crippen LogP contribution in [0.25, 0.3) is 0 Å². The van der Waals surface area contributed by atoms with Crippen molar-refractivity contribution in [2.75, 3.05) is 0 Å². The number of halogens is 2. The first-order valence-corrected chi connectivity index (χ1v) is 7.08. The minimum absolute atomic E-state index is 0.304. The highest BCUT2D eigenvalue weighted by Crippen LogP contribution is 2.35. The van der Waals surface area contributed by atoms with Gasteiger partial charge in [0.1, 0.15) is 17.4 Å². The lowest BCUT2D eigenvalue weighted by molar-refractivity contribution is 0.0977. The molecule has 108 valence electrons. The molecule has 1 aromatic carbocycles. The fourth-order valence-corrected chi connectivity index (χ4v) is 2.96. The number of hydrogen-bond donors (Lipinski definition) is 0. The number of nitrogens with zero attached hydrogens (tertiary/aromatic N) is 1. The van der Waals surface area contributed by atoms with Crippen molar-refractivity contribution in [2.45, 2.75) is 26.7 Å². The van der Waals surface area contributed by atoms with Gasteiger partial charge in [0.25, 0.3) is 0 Å². The maximum atomic E-state index is 12.7. The molecule has 0 aliphatic carbocycles. The van der Waals surface area contributed by atoms with Crippen molar-refractivity contribution in [3.63, 3.8) is 0 Å². The molecule has 0 N–H and O–H groups in total. The van der Waals surface area contributed by atoms with Crippen LogP contribution >= 0.6 is 23.2 Å². The van der Waals surface area contributed by atoms with Gasteiger partial charge in [-0.2, -0.15) is 5.26 Å². The molecule has 0 aliphatic rings. The number of rotatable bonds is 3. The van der Waals surface area contributed by atoms with Gasteiger partial charge in [-0.1, -0.05) is 29.3 Å². The van der Waals surface area contributed by atoms with Crippen molar-refractivity contribution in [1.29, 1.82) is 5.26 Å². The summed E-state index contributed by atoms with van der Waals surface area (Å²) in [7, 11) is 0. The van der Waals surface area contributed by atoms with E-state index in [0.717, 1.165) is 5.56 Å².